The summed E-state index contributed by atoms with van der Waals surface area (Å²) in [6.07, 6.45) is 4.79. The number of hydrogen-bond donors (Lipinski definition) is 2. The molecule has 4 unspecified atom stereocenters. The molecule has 4 atom stereocenters. The molecule has 2 N–H and O–H groups in total. The van der Waals surface area contributed by atoms with E-state index in [1.54, 1.807) is 6.33 Å². The predicted molar refractivity (Wildman–Crippen MR) is 99.0 cm³/mol. The van der Waals surface area contributed by atoms with Gasteiger partial charge in [-0.2, -0.15) is 0 Å². The van der Waals surface area contributed by atoms with E-state index in [9.17, 15) is 0 Å². The van der Waals surface area contributed by atoms with Crippen molar-refractivity contribution < 1.29 is 9.47 Å². The molecule has 0 radical (unpaired) electrons. The van der Waals surface area contributed by atoms with Crippen LogP contribution in [0, 0.1) is 0 Å². The highest BCUT2D eigenvalue weighted by atomic mass is 16.5. The minimum atomic E-state index is 0.239. The third-order valence-electron chi connectivity index (χ3n) is 4.38. The summed E-state index contributed by atoms with van der Waals surface area (Å²) in [5.74, 6) is 0.998. The van der Waals surface area contributed by atoms with Gasteiger partial charge in [0.25, 0.3) is 0 Å². The highest BCUT2D eigenvalue weighted by molar-refractivity contribution is 5.87. The van der Waals surface area contributed by atoms with Gasteiger partial charge in [0.2, 0.25) is 0 Å². The first-order valence-corrected chi connectivity index (χ1v) is 9.07. The van der Waals surface area contributed by atoms with Crippen LogP contribution in [-0.4, -0.2) is 65.5 Å². The van der Waals surface area contributed by atoms with Crippen molar-refractivity contribution in [1.29, 1.82) is 0 Å². The minimum Gasteiger partial charge on any atom is -0.373 e. The maximum absolute atomic E-state index is 5.74. The van der Waals surface area contributed by atoms with Gasteiger partial charge in [0.1, 0.15) is 17.8 Å². The normalized spacial score (nSPS) is 30.0. The van der Waals surface area contributed by atoms with Crippen molar-refractivity contribution >= 4 is 16.9 Å². The van der Waals surface area contributed by atoms with E-state index in [1.165, 1.54) is 0 Å². The molecule has 2 aromatic rings. The SMILES string of the molecule is CC1CN(c2ncnc3[nH]ccc23)CC(C)O1.CC1CNCC(C)O1. The third-order valence-corrected chi connectivity index (χ3v) is 4.38. The van der Waals surface area contributed by atoms with E-state index >= 15 is 0 Å². The van der Waals surface area contributed by atoms with Crippen molar-refractivity contribution in [3.05, 3.63) is 18.6 Å². The lowest BCUT2D eigenvalue weighted by Crippen LogP contribution is -2.45. The van der Waals surface area contributed by atoms with Crippen LogP contribution in [0.1, 0.15) is 27.7 Å². The molecule has 2 aliphatic heterocycles. The lowest BCUT2D eigenvalue weighted by Gasteiger charge is -2.36. The summed E-state index contributed by atoms with van der Waals surface area (Å²) in [5, 5.41) is 4.34. The Bertz CT molecular complexity index is 658. The third kappa shape index (κ3) is 4.68. The van der Waals surface area contributed by atoms with E-state index in [4.69, 9.17) is 9.47 Å². The second-order valence-corrected chi connectivity index (χ2v) is 7.02. The van der Waals surface area contributed by atoms with Crippen LogP contribution in [-0.2, 0) is 9.47 Å². The topological polar surface area (TPSA) is 75.3 Å². The standard InChI is InChI=1S/C12H16N4O.C6H13NO/c1-8-5-16(6-9(2)17-8)12-10-3-4-13-11(10)14-7-15-12;1-5-3-7-4-6(2)8-5/h3-4,7-9H,5-6H2,1-2H3,(H,13,14,15);5-7H,3-4H2,1-2H3. The van der Waals surface area contributed by atoms with E-state index in [0.29, 0.717) is 12.2 Å². The van der Waals surface area contributed by atoms with Crippen LogP contribution in [0.15, 0.2) is 18.6 Å². The molecule has 7 nitrogen and oxygen atoms in total. The molecule has 138 valence electrons. The molecule has 7 heteroatoms. The zero-order valence-corrected chi connectivity index (χ0v) is 15.5. The predicted octanol–water partition coefficient (Wildman–Crippen LogP) is 1.95. The molecule has 0 aliphatic carbocycles. The Morgan fingerprint density at radius 2 is 1.60 bits per heavy atom. The largest absolute Gasteiger partial charge is 0.373 e. The van der Waals surface area contributed by atoms with E-state index in [-0.39, 0.29) is 12.2 Å². The van der Waals surface area contributed by atoms with Gasteiger partial charge in [-0.3, -0.25) is 0 Å². The molecule has 0 bridgehead atoms. The van der Waals surface area contributed by atoms with Gasteiger partial charge in [-0.1, -0.05) is 0 Å². The first-order valence-electron chi connectivity index (χ1n) is 9.07. The summed E-state index contributed by atoms with van der Waals surface area (Å²) in [6, 6.07) is 2.02. The van der Waals surface area contributed by atoms with Gasteiger partial charge >= 0.3 is 0 Å². The highest BCUT2D eigenvalue weighted by Gasteiger charge is 2.24. The number of H-pyrrole nitrogens is 1. The van der Waals surface area contributed by atoms with Crippen LogP contribution in [0.5, 0.6) is 0 Å². The maximum atomic E-state index is 5.74. The van der Waals surface area contributed by atoms with Crippen LogP contribution in [0.25, 0.3) is 11.0 Å². The van der Waals surface area contributed by atoms with E-state index in [0.717, 1.165) is 43.0 Å². The van der Waals surface area contributed by atoms with Crippen molar-refractivity contribution in [2.24, 2.45) is 0 Å². The van der Waals surface area contributed by atoms with Gasteiger partial charge in [0, 0.05) is 32.4 Å². The van der Waals surface area contributed by atoms with Crippen molar-refractivity contribution in [2.45, 2.75) is 52.1 Å². The molecule has 2 aromatic heterocycles. The molecule has 2 fully saturated rings. The average molecular weight is 347 g/mol. The fourth-order valence-corrected chi connectivity index (χ4v) is 3.44. The Morgan fingerprint density at radius 1 is 0.960 bits per heavy atom. The van der Waals surface area contributed by atoms with Gasteiger partial charge < -0.3 is 24.7 Å². The smallest absolute Gasteiger partial charge is 0.142 e. The second-order valence-electron chi connectivity index (χ2n) is 7.02. The maximum Gasteiger partial charge on any atom is 0.142 e. The zero-order valence-electron chi connectivity index (χ0n) is 15.5. The molecule has 0 saturated carbocycles. The van der Waals surface area contributed by atoms with Crippen molar-refractivity contribution in [3.63, 3.8) is 0 Å². The van der Waals surface area contributed by atoms with E-state index < -0.39 is 0 Å². The summed E-state index contributed by atoms with van der Waals surface area (Å²) in [6.45, 7) is 12.1. The number of fused-ring (bicyclic) bond motifs is 1. The molecule has 0 spiro atoms. The van der Waals surface area contributed by atoms with Crippen LogP contribution in [0.4, 0.5) is 5.82 Å². The summed E-state index contributed by atoms with van der Waals surface area (Å²) in [7, 11) is 0. The molecular weight excluding hydrogens is 318 g/mol. The molecule has 0 aromatic carbocycles. The van der Waals surface area contributed by atoms with Crippen LogP contribution < -0.4 is 10.2 Å². The molecule has 25 heavy (non-hydrogen) atoms. The van der Waals surface area contributed by atoms with Gasteiger partial charge in [-0.15, -0.1) is 0 Å². The average Bonchev–Trinajstić information content (AvgIpc) is 3.02. The molecule has 2 aliphatic rings. The summed E-state index contributed by atoms with van der Waals surface area (Å²) in [5.41, 5.74) is 0.891. The summed E-state index contributed by atoms with van der Waals surface area (Å²) >= 11 is 0. The van der Waals surface area contributed by atoms with Gasteiger partial charge in [-0.05, 0) is 33.8 Å². The molecule has 2 saturated heterocycles. The minimum absolute atomic E-state index is 0.239. The van der Waals surface area contributed by atoms with Crippen LogP contribution >= 0.6 is 0 Å². The first kappa shape index (κ1) is 18.1. The number of nitrogens with one attached hydrogen (secondary N) is 2. The summed E-state index contributed by atoms with van der Waals surface area (Å²) in [4.78, 5) is 14.0. The Labute approximate surface area is 149 Å². The molecule has 0 amide bonds. The molecule has 4 heterocycles. The van der Waals surface area contributed by atoms with Gasteiger partial charge in [0.05, 0.1) is 29.8 Å². The van der Waals surface area contributed by atoms with E-state index in [1.807, 2.05) is 12.3 Å². The van der Waals surface area contributed by atoms with Gasteiger partial charge in [-0.25, -0.2) is 9.97 Å². The van der Waals surface area contributed by atoms with Crippen molar-refractivity contribution in [2.75, 3.05) is 31.1 Å². The number of aromatic amines is 1. The van der Waals surface area contributed by atoms with Gasteiger partial charge in [0.15, 0.2) is 0 Å². The zero-order chi connectivity index (χ0) is 17.8. The van der Waals surface area contributed by atoms with Crippen LogP contribution in [0.2, 0.25) is 0 Å². The van der Waals surface area contributed by atoms with E-state index in [2.05, 4.69) is 52.9 Å². The van der Waals surface area contributed by atoms with Crippen molar-refractivity contribution in [3.8, 4) is 0 Å². The number of morpholine rings is 2. The number of nitrogens with zero attached hydrogens (tertiary/aromatic N) is 3. The van der Waals surface area contributed by atoms with Crippen molar-refractivity contribution in [1.82, 2.24) is 20.3 Å². The number of anilines is 1. The number of hydrogen-bond acceptors (Lipinski definition) is 6. The first-order chi connectivity index (χ1) is 12.0. The Morgan fingerprint density at radius 3 is 2.20 bits per heavy atom. The Kier molecular flexibility index (Phi) is 5.88. The lowest BCUT2D eigenvalue weighted by molar-refractivity contribution is -0.0166. The fraction of sp³-hybridized carbons (Fsp3) is 0.667. The monoisotopic (exact) mass is 347 g/mol. The van der Waals surface area contributed by atoms with Crippen LogP contribution in [0.3, 0.4) is 0 Å². The number of ether oxygens (including phenoxy) is 2. The second kappa shape index (κ2) is 8.12. The molecule has 4 rings (SSSR count). The highest BCUT2D eigenvalue weighted by Crippen LogP contribution is 2.24. The number of rotatable bonds is 1. The number of aromatic nitrogens is 3. The Hall–Kier alpha value is -1.70. The molecular formula is C18H29N5O2. The summed E-state index contributed by atoms with van der Waals surface area (Å²) < 4.78 is 11.2. The fourth-order valence-electron chi connectivity index (χ4n) is 3.44. The quantitative estimate of drug-likeness (QED) is 0.821. The lowest BCUT2D eigenvalue weighted by atomic mass is 10.2. The Balaban J connectivity index is 0.000000192.